The molecule has 0 aliphatic carbocycles. The van der Waals surface area contributed by atoms with Gasteiger partial charge in [0.1, 0.15) is 12.1 Å². The zero-order chi connectivity index (χ0) is 14.3. The Hall–Kier alpha value is -2.44. The van der Waals surface area contributed by atoms with Gasteiger partial charge in [0.15, 0.2) is 5.78 Å². The van der Waals surface area contributed by atoms with Crippen LogP contribution in [0.4, 0.5) is 11.4 Å². The van der Waals surface area contributed by atoms with E-state index in [9.17, 15) is 14.4 Å². The van der Waals surface area contributed by atoms with E-state index in [2.05, 4.69) is 15.6 Å². The first kappa shape index (κ1) is 12.6. The van der Waals surface area contributed by atoms with Gasteiger partial charge in [-0.1, -0.05) is 0 Å². The molecule has 104 valence electrons. The van der Waals surface area contributed by atoms with Crippen molar-refractivity contribution < 1.29 is 14.4 Å². The number of piperidine rings is 1. The fourth-order valence-electron chi connectivity index (χ4n) is 2.76. The topological polar surface area (TPSA) is 91.4 Å². The molecule has 1 saturated heterocycles. The van der Waals surface area contributed by atoms with Gasteiger partial charge in [0.25, 0.3) is 0 Å². The van der Waals surface area contributed by atoms with Crippen molar-refractivity contribution in [3.63, 3.8) is 0 Å². The number of carbonyl (C=O) groups is 3. The van der Waals surface area contributed by atoms with Crippen LogP contribution < -0.4 is 15.5 Å². The van der Waals surface area contributed by atoms with Gasteiger partial charge in [-0.05, 0) is 6.07 Å². The number of Topliss-reactive ketones (excluding diaryl/α,β-unsaturated/α-hetero) is 1. The zero-order valence-electron chi connectivity index (χ0n) is 10.9. The number of anilines is 2. The molecule has 2 aliphatic heterocycles. The van der Waals surface area contributed by atoms with E-state index < -0.39 is 23.9 Å². The van der Waals surface area contributed by atoms with E-state index in [1.807, 2.05) is 11.0 Å². The highest BCUT2D eigenvalue weighted by Gasteiger charge is 2.45. The molecule has 1 fully saturated rings. The van der Waals surface area contributed by atoms with Crippen molar-refractivity contribution in [1.82, 2.24) is 10.3 Å². The Kier molecular flexibility index (Phi) is 2.89. The number of aromatic nitrogens is 1. The standard InChI is InChI=1S/C13H14N4O3/c1-7(18)15-13(20)11-10(19)3-5-17-9-2-4-14-6-8(9)16-12(11)17/h2,4,6,11-12,16H,3,5H2,1H3,(H,15,18,20). The van der Waals surface area contributed by atoms with Gasteiger partial charge in [0.2, 0.25) is 11.8 Å². The minimum atomic E-state index is -0.889. The van der Waals surface area contributed by atoms with Crippen LogP contribution in [0.15, 0.2) is 18.5 Å². The third kappa shape index (κ3) is 1.91. The fraction of sp³-hybridized carbons (Fsp3) is 0.385. The smallest absolute Gasteiger partial charge is 0.241 e. The third-order valence-corrected chi connectivity index (χ3v) is 3.59. The second-order valence-electron chi connectivity index (χ2n) is 4.91. The van der Waals surface area contributed by atoms with E-state index in [4.69, 9.17) is 0 Å². The number of carbonyl (C=O) groups excluding carboxylic acids is 3. The van der Waals surface area contributed by atoms with Gasteiger partial charge in [-0.2, -0.15) is 0 Å². The summed E-state index contributed by atoms with van der Waals surface area (Å²) in [5.41, 5.74) is 1.73. The minimum Gasteiger partial charge on any atom is -0.361 e. The molecule has 0 spiro atoms. The van der Waals surface area contributed by atoms with E-state index in [0.29, 0.717) is 6.54 Å². The Labute approximate surface area is 115 Å². The van der Waals surface area contributed by atoms with Gasteiger partial charge in [-0.15, -0.1) is 0 Å². The number of ketones is 1. The molecule has 2 amide bonds. The summed E-state index contributed by atoms with van der Waals surface area (Å²) in [6, 6.07) is 1.85. The number of rotatable bonds is 1. The van der Waals surface area contributed by atoms with Crippen LogP contribution in [-0.2, 0) is 14.4 Å². The molecule has 0 aromatic carbocycles. The lowest BCUT2D eigenvalue weighted by atomic mass is 9.92. The molecule has 2 atom stereocenters. The number of fused-ring (bicyclic) bond motifs is 3. The molecular formula is C13H14N4O3. The van der Waals surface area contributed by atoms with E-state index in [-0.39, 0.29) is 12.2 Å². The molecule has 0 bridgehead atoms. The van der Waals surface area contributed by atoms with Crippen molar-refractivity contribution in [3.05, 3.63) is 18.5 Å². The van der Waals surface area contributed by atoms with Crippen LogP contribution in [0.5, 0.6) is 0 Å². The molecule has 20 heavy (non-hydrogen) atoms. The third-order valence-electron chi connectivity index (χ3n) is 3.59. The fourth-order valence-corrected chi connectivity index (χ4v) is 2.76. The molecule has 7 nitrogen and oxygen atoms in total. The Morgan fingerprint density at radius 2 is 2.30 bits per heavy atom. The van der Waals surface area contributed by atoms with Crippen molar-refractivity contribution in [1.29, 1.82) is 0 Å². The number of imide groups is 1. The Balaban J connectivity index is 1.91. The van der Waals surface area contributed by atoms with Crippen molar-refractivity contribution in [3.8, 4) is 0 Å². The van der Waals surface area contributed by atoms with Crippen LogP contribution in [-0.4, -0.2) is 35.3 Å². The maximum absolute atomic E-state index is 12.1. The van der Waals surface area contributed by atoms with E-state index in [1.165, 1.54) is 6.92 Å². The second-order valence-corrected chi connectivity index (χ2v) is 4.91. The van der Waals surface area contributed by atoms with Gasteiger partial charge in [-0.25, -0.2) is 0 Å². The maximum Gasteiger partial charge on any atom is 0.241 e. The zero-order valence-corrected chi connectivity index (χ0v) is 10.9. The Morgan fingerprint density at radius 1 is 1.50 bits per heavy atom. The molecule has 3 heterocycles. The van der Waals surface area contributed by atoms with Crippen LogP contribution in [0, 0.1) is 5.92 Å². The number of hydrogen-bond donors (Lipinski definition) is 2. The van der Waals surface area contributed by atoms with Gasteiger partial charge in [0, 0.05) is 26.1 Å². The highest BCUT2D eigenvalue weighted by Crippen LogP contribution is 2.38. The lowest BCUT2D eigenvalue weighted by Gasteiger charge is -2.35. The lowest BCUT2D eigenvalue weighted by Crippen LogP contribution is -2.56. The highest BCUT2D eigenvalue weighted by molar-refractivity contribution is 6.09. The first-order chi connectivity index (χ1) is 9.58. The van der Waals surface area contributed by atoms with Gasteiger partial charge >= 0.3 is 0 Å². The van der Waals surface area contributed by atoms with Crippen LogP contribution in [0.25, 0.3) is 0 Å². The molecule has 3 rings (SSSR count). The molecule has 2 aliphatic rings. The summed E-state index contributed by atoms with van der Waals surface area (Å²) in [7, 11) is 0. The lowest BCUT2D eigenvalue weighted by molar-refractivity contribution is -0.137. The molecule has 0 radical (unpaired) electrons. The number of pyridine rings is 1. The summed E-state index contributed by atoms with van der Waals surface area (Å²) in [6.07, 6.45) is 3.17. The molecule has 2 unspecified atom stereocenters. The van der Waals surface area contributed by atoms with Gasteiger partial charge in [-0.3, -0.25) is 24.7 Å². The number of nitrogens with one attached hydrogen (secondary N) is 2. The van der Waals surface area contributed by atoms with Crippen molar-refractivity contribution in [2.75, 3.05) is 16.8 Å². The maximum atomic E-state index is 12.1. The van der Waals surface area contributed by atoms with Gasteiger partial charge < -0.3 is 10.2 Å². The van der Waals surface area contributed by atoms with E-state index in [0.717, 1.165) is 11.4 Å². The second kappa shape index (κ2) is 4.59. The average molecular weight is 274 g/mol. The van der Waals surface area contributed by atoms with Crippen LogP contribution in [0.2, 0.25) is 0 Å². The van der Waals surface area contributed by atoms with E-state index >= 15 is 0 Å². The van der Waals surface area contributed by atoms with E-state index in [1.54, 1.807) is 12.4 Å². The normalized spacial score (nSPS) is 23.6. The summed E-state index contributed by atoms with van der Waals surface area (Å²) in [5.74, 6) is -2.05. The Bertz CT molecular complexity index is 601. The quantitative estimate of drug-likeness (QED) is 0.694. The summed E-state index contributed by atoms with van der Waals surface area (Å²) in [5, 5.41) is 5.34. The molecule has 1 aromatic rings. The summed E-state index contributed by atoms with van der Waals surface area (Å²) >= 11 is 0. The molecule has 1 aromatic heterocycles. The largest absolute Gasteiger partial charge is 0.361 e. The van der Waals surface area contributed by atoms with Gasteiger partial charge in [0.05, 0.1) is 17.6 Å². The highest BCUT2D eigenvalue weighted by atomic mass is 16.2. The predicted molar refractivity (Wildman–Crippen MR) is 70.9 cm³/mol. The minimum absolute atomic E-state index is 0.154. The van der Waals surface area contributed by atoms with Crippen molar-refractivity contribution in [2.45, 2.75) is 19.5 Å². The molecular weight excluding hydrogens is 260 g/mol. The monoisotopic (exact) mass is 274 g/mol. The van der Waals surface area contributed by atoms with Crippen LogP contribution in [0.1, 0.15) is 13.3 Å². The summed E-state index contributed by atoms with van der Waals surface area (Å²) < 4.78 is 0. The Morgan fingerprint density at radius 3 is 3.05 bits per heavy atom. The number of amides is 2. The first-order valence-electron chi connectivity index (χ1n) is 6.39. The van der Waals surface area contributed by atoms with Crippen LogP contribution in [0.3, 0.4) is 0 Å². The number of nitrogens with zero attached hydrogens (tertiary/aromatic N) is 2. The van der Waals surface area contributed by atoms with Crippen molar-refractivity contribution in [2.24, 2.45) is 5.92 Å². The van der Waals surface area contributed by atoms with Crippen molar-refractivity contribution >= 4 is 29.0 Å². The molecule has 2 N–H and O–H groups in total. The average Bonchev–Trinajstić information content (AvgIpc) is 2.75. The summed E-state index contributed by atoms with van der Waals surface area (Å²) in [6.45, 7) is 1.81. The molecule has 7 heteroatoms. The van der Waals surface area contributed by atoms with Crippen LogP contribution >= 0.6 is 0 Å². The number of hydrogen-bond acceptors (Lipinski definition) is 6. The summed E-state index contributed by atoms with van der Waals surface area (Å²) in [4.78, 5) is 41.2. The first-order valence-corrected chi connectivity index (χ1v) is 6.39. The molecule has 0 saturated carbocycles. The SMILES string of the molecule is CC(=O)NC(=O)C1C(=O)CCN2c3ccncc3NC12. The predicted octanol–water partition coefficient (Wildman–Crippen LogP) is -0.109.